The molecule has 2 unspecified atom stereocenters. The molecule has 2 heterocycles. The highest BCUT2D eigenvalue weighted by Gasteiger charge is 2.54. The Hall–Kier alpha value is -0.240. The Morgan fingerprint density at radius 3 is 2.25 bits per heavy atom. The molecule has 2 rings (SSSR count). The molecular weight excluding hydrogens is 254 g/mol. The highest BCUT2D eigenvalue weighted by atomic mass is 16.5. The maximum atomic E-state index is 6.58. The van der Waals surface area contributed by atoms with E-state index < -0.39 is 0 Å². The second kappa shape index (κ2) is 6.68. The third-order valence-electron chi connectivity index (χ3n) is 4.75. The van der Waals surface area contributed by atoms with E-state index in [-0.39, 0.29) is 11.8 Å². The Balaban J connectivity index is 2.32. The quantitative estimate of drug-likeness (QED) is 0.708. The highest BCUT2D eigenvalue weighted by molar-refractivity contribution is 5.01. The summed E-state index contributed by atoms with van der Waals surface area (Å²) in [5.41, 5.74) is 6.58. The Morgan fingerprint density at radius 1 is 1.15 bits per heavy atom. The minimum atomic E-state index is -0.207. The zero-order valence-corrected chi connectivity index (χ0v) is 13.5. The van der Waals surface area contributed by atoms with Crippen LogP contribution in [0.15, 0.2) is 0 Å². The molecule has 0 bridgehead atoms. The number of rotatable bonds is 5. The first-order valence-corrected chi connectivity index (χ1v) is 7.87. The van der Waals surface area contributed by atoms with Crippen LogP contribution in [0.2, 0.25) is 0 Å². The van der Waals surface area contributed by atoms with E-state index in [0.717, 1.165) is 52.4 Å². The van der Waals surface area contributed by atoms with Gasteiger partial charge < -0.3 is 10.5 Å². The molecule has 0 amide bonds. The van der Waals surface area contributed by atoms with Crippen LogP contribution >= 0.6 is 0 Å². The minimum absolute atomic E-state index is 0.139. The van der Waals surface area contributed by atoms with Crippen LogP contribution in [0.1, 0.15) is 20.3 Å². The minimum Gasteiger partial charge on any atom is -0.379 e. The highest BCUT2D eigenvalue weighted by Crippen LogP contribution is 2.35. The number of likely N-dealkylation sites (N-methyl/N-ethyl adjacent to an activating group) is 2. The van der Waals surface area contributed by atoms with Gasteiger partial charge >= 0.3 is 0 Å². The third-order valence-corrected chi connectivity index (χ3v) is 4.75. The van der Waals surface area contributed by atoms with Gasteiger partial charge in [-0.1, -0.05) is 13.8 Å². The van der Waals surface area contributed by atoms with Crippen molar-refractivity contribution in [2.75, 3.05) is 60.0 Å². The van der Waals surface area contributed by atoms with Crippen molar-refractivity contribution >= 4 is 0 Å². The number of hydrazine groups is 1. The van der Waals surface area contributed by atoms with E-state index in [1.165, 1.54) is 0 Å². The third kappa shape index (κ3) is 2.49. The van der Waals surface area contributed by atoms with Gasteiger partial charge in [-0.2, -0.15) is 0 Å². The van der Waals surface area contributed by atoms with Gasteiger partial charge in [-0.05, 0) is 33.6 Å². The van der Waals surface area contributed by atoms with Crippen molar-refractivity contribution in [3.05, 3.63) is 0 Å². The summed E-state index contributed by atoms with van der Waals surface area (Å²) >= 11 is 0. The summed E-state index contributed by atoms with van der Waals surface area (Å²) in [7, 11) is 4.30. The number of ether oxygens (including phenoxy) is 1. The summed E-state index contributed by atoms with van der Waals surface area (Å²) in [5, 5.41) is 4.93. The molecule has 0 aromatic carbocycles. The Morgan fingerprint density at radius 2 is 1.75 bits per heavy atom. The molecule has 6 nitrogen and oxygen atoms in total. The van der Waals surface area contributed by atoms with Crippen molar-refractivity contribution < 1.29 is 4.74 Å². The largest absolute Gasteiger partial charge is 0.379 e. The summed E-state index contributed by atoms with van der Waals surface area (Å²) in [6, 6.07) is 0.139. The monoisotopic (exact) mass is 285 g/mol. The number of hydrogen-bond acceptors (Lipinski definition) is 6. The van der Waals surface area contributed by atoms with Crippen LogP contribution in [0.4, 0.5) is 0 Å². The van der Waals surface area contributed by atoms with Gasteiger partial charge in [0, 0.05) is 19.6 Å². The summed E-state index contributed by atoms with van der Waals surface area (Å²) in [6.07, 6.45) is 1.03. The molecule has 2 atom stereocenters. The number of hydrogen-bond donors (Lipinski definition) is 1. The number of morpholine rings is 1. The Labute approximate surface area is 123 Å². The van der Waals surface area contributed by atoms with Crippen molar-refractivity contribution in [1.82, 2.24) is 19.8 Å². The zero-order valence-electron chi connectivity index (χ0n) is 13.5. The smallest absolute Gasteiger partial charge is 0.159 e. The molecule has 0 aromatic rings. The van der Waals surface area contributed by atoms with Gasteiger partial charge in [-0.25, -0.2) is 10.0 Å². The van der Waals surface area contributed by atoms with Gasteiger partial charge in [-0.3, -0.25) is 9.80 Å². The molecule has 2 aliphatic heterocycles. The maximum absolute atomic E-state index is 6.58. The second-order valence-electron chi connectivity index (χ2n) is 5.84. The second-order valence-corrected chi connectivity index (χ2v) is 5.84. The van der Waals surface area contributed by atoms with Crippen LogP contribution in [0.5, 0.6) is 0 Å². The topological polar surface area (TPSA) is 48.2 Å². The summed E-state index contributed by atoms with van der Waals surface area (Å²) in [4.78, 5) is 4.78. The average molecular weight is 285 g/mol. The fourth-order valence-electron chi connectivity index (χ4n) is 3.89. The molecule has 118 valence electrons. The average Bonchev–Trinajstić information content (AvgIpc) is 2.80. The van der Waals surface area contributed by atoms with Crippen LogP contribution in [-0.4, -0.2) is 91.7 Å². The standard InChI is InChI=1S/C14H31N5O/c1-5-17(6-2)14(16(3)4)13(15)7-8-19(14)18-9-11-20-12-10-18/h13H,5-12,15H2,1-4H3. The van der Waals surface area contributed by atoms with E-state index in [4.69, 9.17) is 10.5 Å². The number of nitrogens with zero attached hydrogens (tertiary/aromatic N) is 4. The van der Waals surface area contributed by atoms with Gasteiger partial charge in [0.1, 0.15) is 0 Å². The zero-order chi connectivity index (χ0) is 14.8. The van der Waals surface area contributed by atoms with E-state index in [1.54, 1.807) is 0 Å². The summed E-state index contributed by atoms with van der Waals surface area (Å²) < 4.78 is 5.50. The van der Waals surface area contributed by atoms with Gasteiger partial charge in [0.05, 0.1) is 19.3 Å². The maximum Gasteiger partial charge on any atom is 0.159 e. The van der Waals surface area contributed by atoms with Crippen molar-refractivity contribution in [3.63, 3.8) is 0 Å². The first kappa shape index (κ1) is 16.1. The Bertz CT molecular complexity index is 304. The molecule has 0 aromatic heterocycles. The van der Waals surface area contributed by atoms with Crippen LogP contribution in [0.3, 0.4) is 0 Å². The molecule has 6 heteroatoms. The SMILES string of the molecule is CCN(CC)C1(N(C)C)C(N)CCN1N1CCOCC1. The van der Waals surface area contributed by atoms with Gasteiger partial charge in [0.2, 0.25) is 0 Å². The predicted molar refractivity (Wildman–Crippen MR) is 81.0 cm³/mol. The van der Waals surface area contributed by atoms with Crippen molar-refractivity contribution in [2.24, 2.45) is 5.73 Å². The molecule has 0 saturated carbocycles. The predicted octanol–water partition coefficient (Wildman–Crippen LogP) is -0.176. The summed E-state index contributed by atoms with van der Waals surface area (Å²) in [6.45, 7) is 11.0. The molecule has 0 spiro atoms. The molecule has 2 N–H and O–H groups in total. The van der Waals surface area contributed by atoms with Crippen LogP contribution in [0, 0.1) is 0 Å². The summed E-state index contributed by atoms with van der Waals surface area (Å²) in [5.74, 6) is -0.207. The Kier molecular flexibility index (Phi) is 5.39. The number of nitrogens with two attached hydrogens (primary N) is 1. The normalized spacial score (nSPS) is 33.5. The molecule has 0 radical (unpaired) electrons. The van der Waals surface area contributed by atoms with E-state index in [0.29, 0.717) is 0 Å². The van der Waals surface area contributed by atoms with E-state index >= 15 is 0 Å². The van der Waals surface area contributed by atoms with E-state index in [2.05, 4.69) is 47.8 Å². The molecule has 2 saturated heterocycles. The lowest BCUT2D eigenvalue weighted by molar-refractivity contribution is -0.233. The van der Waals surface area contributed by atoms with Crippen molar-refractivity contribution in [3.8, 4) is 0 Å². The molecular formula is C14H31N5O. The first-order chi connectivity index (χ1) is 9.58. The first-order valence-electron chi connectivity index (χ1n) is 7.87. The fourth-order valence-corrected chi connectivity index (χ4v) is 3.89. The fraction of sp³-hybridized carbons (Fsp3) is 1.00. The van der Waals surface area contributed by atoms with Crippen LogP contribution < -0.4 is 5.73 Å². The van der Waals surface area contributed by atoms with Gasteiger partial charge in [0.25, 0.3) is 0 Å². The molecule has 20 heavy (non-hydrogen) atoms. The molecule has 2 fully saturated rings. The van der Waals surface area contributed by atoms with E-state index in [1.807, 2.05) is 0 Å². The lowest BCUT2D eigenvalue weighted by Crippen LogP contribution is -2.75. The van der Waals surface area contributed by atoms with Gasteiger partial charge in [-0.15, -0.1) is 0 Å². The lowest BCUT2D eigenvalue weighted by atomic mass is 10.1. The van der Waals surface area contributed by atoms with E-state index in [9.17, 15) is 0 Å². The van der Waals surface area contributed by atoms with Crippen molar-refractivity contribution in [1.29, 1.82) is 0 Å². The van der Waals surface area contributed by atoms with Crippen LogP contribution in [-0.2, 0) is 4.74 Å². The van der Waals surface area contributed by atoms with Crippen molar-refractivity contribution in [2.45, 2.75) is 32.1 Å². The van der Waals surface area contributed by atoms with Crippen LogP contribution in [0.25, 0.3) is 0 Å². The lowest BCUT2D eigenvalue weighted by Gasteiger charge is -2.55. The van der Waals surface area contributed by atoms with Gasteiger partial charge in [0.15, 0.2) is 5.79 Å². The molecule has 0 aliphatic carbocycles. The molecule has 2 aliphatic rings.